The van der Waals surface area contributed by atoms with E-state index in [2.05, 4.69) is 47.3 Å². The topological polar surface area (TPSA) is 89.9 Å². The molecule has 1 fully saturated rings. The van der Waals surface area contributed by atoms with Crippen molar-refractivity contribution in [2.75, 3.05) is 51.2 Å². The molecule has 1 aliphatic heterocycles. The summed E-state index contributed by atoms with van der Waals surface area (Å²) in [5, 5.41) is 6.62. The van der Waals surface area contributed by atoms with E-state index in [1.54, 1.807) is 30.6 Å². The molecule has 0 radical (unpaired) electrons. The largest absolute Gasteiger partial charge is 0.360 e. The van der Waals surface area contributed by atoms with E-state index in [9.17, 15) is 8.42 Å². The molecule has 3 heterocycles. The van der Waals surface area contributed by atoms with Crippen LogP contribution in [-0.4, -0.2) is 70.6 Å². The summed E-state index contributed by atoms with van der Waals surface area (Å²) in [6, 6.07) is 7.33. The first kappa shape index (κ1) is 19.6. The maximum absolute atomic E-state index is 12.2. The standard InChI is InChI=1S/C17H24N6O2S2/c1-18-17(23-11-9-22(10-12-23)16-5-3-13-26-16)20-7-8-21-27(24,25)15-4-2-6-19-14-15/h2-6,13-14,21H,7-12H2,1H3,(H,18,20). The molecule has 1 aliphatic rings. The Balaban J connectivity index is 1.43. The first-order chi connectivity index (χ1) is 13.1. The number of rotatable bonds is 6. The maximum atomic E-state index is 12.2. The monoisotopic (exact) mass is 408 g/mol. The Hall–Kier alpha value is -2.17. The summed E-state index contributed by atoms with van der Waals surface area (Å²) in [5.41, 5.74) is 0. The van der Waals surface area contributed by atoms with Crippen LogP contribution < -0.4 is 14.9 Å². The molecule has 3 rings (SSSR count). The van der Waals surface area contributed by atoms with Gasteiger partial charge in [0.2, 0.25) is 10.0 Å². The summed E-state index contributed by atoms with van der Waals surface area (Å²) in [4.78, 5) is 12.9. The number of guanidine groups is 1. The third-order valence-electron chi connectivity index (χ3n) is 4.25. The second-order valence-corrected chi connectivity index (χ2v) is 8.68. The van der Waals surface area contributed by atoms with E-state index in [4.69, 9.17) is 0 Å². The molecule has 0 aliphatic carbocycles. The zero-order valence-electron chi connectivity index (χ0n) is 15.2. The molecule has 2 aromatic heterocycles. The Kier molecular flexibility index (Phi) is 6.64. The third-order valence-corrected chi connectivity index (χ3v) is 6.63. The smallest absolute Gasteiger partial charge is 0.242 e. The molecule has 0 spiro atoms. The minimum Gasteiger partial charge on any atom is -0.360 e. The minimum absolute atomic E-state index is 0.166. The Labute approximate surface area is 164 Å². The van der Waals surface area contributed by atoms with Gasteiger partial charge < -0.3 is 15.1 Å². The average molecular weight is 409 g/mol. The molecule has 1 saturated heterocycles. The Bertz CT molecular complexity index is 832. The quantitative estimate of drug-likeness (QED) is 0.418. The normalized spacial score (nSPS) is 15.8. The van der Waals surface area contributed by atoms with Crippen LogP contribution in [-0.2, 0) is 10.0 Å². The SMILES string of the molecule is CN=C(NCCNS(=O)(=O)c1cccnc1)N1CCN(c2cccs2)CC1. The lowest BCUT2D eigenvalue weighted by Gasteiger charge is -2.37. The van der Waals surface area contributed by atoms with Crippen LogP contribution in [0.25, 0.3) is 0 Å². The number of nitrogens with one attached hydrogen (secondary N) is 2. The number of thiophene rings is 1. The van der Waals surface area contributed by atoms with Crippen molar-refractivity contribution in [3.63, 3.8) is 0 Å². The van der Waals surface area contributed by atoms with Crippen molar-refractivity contribution in [2.45, 2.75) is 4.90 Å². The molecule has 0 atom stereocenters. The summed E-state index contributed by atoms with van der Waals surface area (Å²) in [7, 11) is -1.79. The van der Waals surface area contributed by atoms with Crippen LogP contribution in [0.15, 0.2) is 51.9 Å². The van der Waals surface area contributed by atoms with Gasteiger partial charge in [-0.25, -0.2) is 13.1 Å². The van der Waals surface area contributed by atoms with E-state index in [0.29, 0.717) is 6.54 Å². The van der Waals surface area contributed by atoms with Gasteiger partial charge in [-0.05, 0) is 29.6 Å². The van der Waals surface area contributed by atoms with Crippen molar-refractivity contribution in [1.82, 2.24) is 19.9 Å². The minimum atomic E-state index is -3.53. The first-order valence-electron chi connectivity index (χ1n) is 8.74. The van der Waals surface area contributed by atoms with Crippen molar-refractivity contribution < 1.29 is 8.42 Å². The van der Waals surface area contributed by atoms with Crippen LogP contribution >= 0.6 is 11.3 Å². The summed E-state index contributed by atoms with van der Waals surface area (Å²) < 4.78 is 26.9. The molecule has 2 aromatic rings. The first-order valence-corrected chi connectivity index (χ1v) is 11.1. The second-order valence-electron chi connectivity index (χ2n) is 5.99. The summed E-state index contributed by atoms with van der Waals surface area (Å²) in [6.45, 7) is 4.35. The summed E-state index contributed by atoms with van der Waals surface area (Å²) >= 11 is 1.75. The second kappa shape index (κ2) is 9.16. The van der Waals surface area contributed by atoms with E-state index in [1.165, 1.54) is 17.3 Å². The Morgan fingerprint density at radius 2 is 2.04 bits per heavy atom. The maximum Gasteiger partial charge on any atom is 0.242 e. The highest BCUT2D eigenvalue weighted by molar-refractivity contribution is 7.89. The number of anilines is 1. The number of sulfonamides is 1. The third kappa shape index (κ3) is 5.18. The van der Waals surface area contributed by atoms with Gasteiger partial charge in [0.05, 0.1) is 5.00 Å². The molecule has 0 aromatic carbocycles. The van der Waals surface area contributed by atoms with Gasteiger partial charge >= 0.3 is 0 Å². The highest BCUT2D eigenvalue weighted by Gasteiger charge is 2.20. The van der Waals surface area contributed by atoms with E-state index >= 15 is 0 Å². The Morgan fingerprint density at radius 1 is 1.22 bits per heavy atom. The number of nitrogens with zero attached hydrogens (tertiary/aromatic N) is 4. The van der Waals surface area contributed by atoms with Gasteiger partial charge in [0, 0.05) is 58.7 Å². The van der Waals surface area contributed by atoms with Gasteiger partial charge in [-0.15, -0.1) is 11.3 Å². The fraction of sp³-hybridized carbons (Fsp3) is 0.412. The fourth-order valence-corrected chi connectivity index (χ4v) is 4.65. The van der Waals surface area contributed by atoms with Crippen LogP contribution in [0.1, 0.15) is 0 Å². The highest BCUT2D eigenvalue weighted by Crippen LogP contribution is 2.22. The van der Waals surface area contributed by atoms with E-state index < -0.39 is 10.0 Å². The van der Waals surface area contributed by atoms with Crippen LogP contribution in [0.3, 0.4) is 0 Å². The molecule has 0 unspecified atom stereocenters. The molecule has 27 heavy (non-hydrogen) atoms. The van der Waals surface area contributed by atoms with E-state index in [0.717, 1.165) is 32.1 Å². The average Bonchev–Trinajstić information content (AvgIpc) is 3.24. The van der Waals surface area contributed by atoms with Gasteiger partial charge in [-0.2, -0.15) is 0 Å². The van der Waals surface area contributed by atoms with Gasteiger partial charge in [0.15, 0.2) is 5.96 Å². The zero-order chi connectivity index (χ0) is 19.1. The van der Waals surface area contributed by atoms with Crippen molar-refractivity contribution in [2.24, 2.45) is 4.99 Å². The van der Waals surface area contributed by atoms with Crippen molar-refractivity contribution in [3.05, 3.63) is 42.0 Å². The predicted octanol–water partition coefficient (Wildman–Crippen LogP) is 0.819. The molecule has 10 heteroatoms. The molecular formula is C17H24N6O2S2. The van der Waals surface area contributed by atoms with Gasteiger partial charge in [-0.1, -0.05) is 0 Å². The van der Waals surface area contributed by atoms with Crippen molar-refractivity contribution in [1.29, 1.82) is 0 Å². The fourth-order valence-electron chi connectivity index (χ4n) is 2.87. The number of piperazine rings is 1. The van der Waals surface area contributed by atoms with Crippen molar-refractivity contribution >= 4 is 32.3 Å². The van der Waals surface area contributed by atoms with Gasteiger partial charge in [0.25, 0.3) is 0 Å². The van der Waals surface area contributed by atoms with Gasteiger partial charge in [-0.3, -0.25) is 9.98 Å². The van der Waals surface area contributed by atoms with Crippen LogP contribution in [0, 0.1) is 0 Å². The number of pyridine rings is 1. The predicted molar refractivity (Wildman–Crippen MR) is 109 cm³/mol. The molecule has 0 amide bonds. The lowest BCUT2D eigenvalue weighted by Crippen LogP contribution is -2.53. The van der Waals surface area contributed by atoms with E-state index in [1.807, 2.05) is 0 Å². The molecular weight excluding hydrogens is 384 g/mol. The number of hydrogen-bond acceptors (Lipinski definition) is 6. The molecule has 146 valence electrons. The van der Waals surface area contributed by atoms with Crippen LogP contribution in [0.2, 0.25) is 0 Å². The van der Waals surface area contributed by atoms with E-state index in [-0.39, 0.29) is 11.4 Å². The molecule has 8 nitrogen and oxygen atoms in total. The van der Waals surface area contributed by atoms with Crippen molar-refractivity contribution in [3.8, 4) is 0 Å². The number of aromatic nitrogens is 1. The highest BCUT2D eigenvalue weighted by atomic mass is 32.2. The molecule has 0 saturated carbocycles. The lowest BCUT2D eigenvalue weighted by atomic mass is 10.3. The molecule has 2 N–H and O–H groups in total. The zero-order valence-corrected chi connectivity index (χ0v) is 16.8. The lowest BCUT2D eigenvalue weighted by molar-refractivity contribution is 0.374. The number of aliphatic imine (C=N–C) groups is 1. The summed E-state index contributed by atoms with van der Waals surface area (Å²) in [5.74, 6) is 0.793. The van der Waals surface area contributed by atoms with Gasteiger partial charge in [0.1, 0.15) is 4.90 Å². The molecule has 0 bridgehead atoms. The van der Waals surface area contributed by atoms with Crippen LogP contribution in [0.5, 0.6) is 0 Å². The summed E-state index contributed by atoms with van der Waals surface area (Å²) in [6.07, 6.45) is 2.88. The van der Waals surface area contributed by atoms with Crippen LogP contribution in [0.4, 0.5) is 5.00 Å². The number of hydrogen-bond donors (Lipinski definition) is 2. The Morgan fingerprint density at radius 3 is 2.67 bits per heavy atom.